The predicted molar refractivity (Wildman–Crippen MR) is 68.0 cm³/mol. The van der Waals surface area contributed by atoms with E-state index < -0.39 is 50.1 Å². The van der Waals surface area contributed by atoms with Gasteiger partial charge in [0.25, 0.3) is 0 Å². The molecule has 0 aliphatic heterocycles. The van der Waals surface area contributed by atoms with E-state index in [9.17, 15) is 19.2 Å². The summed E-state index contributed by atoms with van der Waals surface area (Å²) in [6.07, 6.45) is 0.251. The van der Waals surface area contributed by atoms with E-state index >= 15 is 0 Å². The van der Waals surface area contributed by atoms with Crippen LogP contribution in [-0.2, 0) is 36.2 Å². The van der Waals surface area contributed by atoms with Crippen LogP contribution in [0.4, 0.5) is 0 Å². The maximum absolute atomic E-state index is 10.6. The van der Waals surface area contributed by atoms with Crippen LogP contribution in [0.25, 0.3) is 0 Å². The fourth-order valence-corrected chi connectivity index (χ4v) is 1.71. The van der Waals surface area contributed by atoms with Crippen LogP contribution >= 0.6 is 0 Å². The maximum atomic E-state index is 10.6. The molecule has 0 aromatic carbocycles. The Hall–Kier alpha value is -1.68. The van der Waals surface area contributed by atoms with Crippen LogP contribution in [0.2, 0.25) is 0 Å². The summed E-state index contributed by atoms with van der Waals surface area (Å²) >= 11 is 0. The van der Waals surface area contributed by atoms with Gasteiger partial charge in [-0.3, -0.25) is 29.0 Å². The Balaban J connectivity index is 0. The zero-order valence-corrected chi connectivity index (χ0v) is 12.7. The van der Waals surface area contributed by atoms with Crippen molar-refractivity contribution in [3.63, 3.8) is 0 Å². The van der Waals surface area contributed by atoms with Crippen molar-refractivity contribution < 1.29 is 56.7 Å². The largest absolute Gasteiger partial charge is 2.00 e. The van der Waals surface area contributed by atoms with Crippen LogP contribution in [0.15, 0.2) is 0 Å². The van der Waals surface area contributed by atoms with E-state index in [4.69, 9.17) is 20.4 Å². The van der Waals surface area contributed by atoms with Gasteiger partial charge in [-0.05, 0) is 6.42 Å². The predicted octanol–water partition coefficient (Wildman–Crippen LogP) is -1.68. The third-order valence-corrected chi connectivity index (χ3v) is 2.38. The second-order valence-corrected chi connectivity index (χ2v) is 4.35. The normalized spacial score (nSPS) is 10.3. The molecule has 4 N–H and O–H groups in total. The molecule has 0 unspecified atom stereocenters. The van der Waals surface area contributed by atoms with Crippen molar-refractivity contribution >= 4 is 23.9 Å². The minimum absolute atomic E-state index is 0. The van der Waals surface area contributed by atoms with Gasteiger partial charge in [-0.15, -0.1) is 0 Å². The molecule has 0 heterocycles. The Kier molecular flexibility index (Phi) is 12.2. The molecular weight excluding hydrogens is 344 g/mol. The first-order chi connectivity index (χ1) is 9.70. The molecule has 0 rings (SSSR count). The van der Waals surface area contributed by atoms with Crippen molar-refractivity contribution in [1.29, 1.82) is 0 Å². The van der Waals surface area contributed by atoms with Gasteiger partial charge in [-0.25, -0.2) is 0 Å². The first-order valence-corrected chi connectivity index (χ1v) is 6.02. The van der Waals surface area contributed by atoms with Crippen LogP contribution < -0.4 is 0 Å². The number of hydrogen-bond acceptors (Lipinski definition) is 6. The smallest absolute Gasteiger partial charge is 0.480 e. The van der Waals surface area contributed by atoms with Crippen molar-refractivity contribution in [1.82, 2.24) is 9.80 Å². The molecule has 11 heteroatoms. The van der Waals surface area contributed by atoms with Gasteiger partial charge >= 0.3 is 40.9 Å². The topological polar surface area (TPSA) is 156 Å². The van der Waals surface area contributed by atoms with Gasteiger partial charge in [0.1, 0.15) is 0 Å². The fourth-order valence-electron chi connectivity index (χ4n) is 1.71. The summed E-state index contributed by atoms with van der Waals surface area (Å²) in [5, 5.41) is 34.6. The van der Waals surface area contributed by atoms with E-state index in [1.165, 1.54) is 9.80 Å². The molecule has 0 spiro atoms. The van der Waals surface area contributed by atoms with Crippen LogP contribution in [-0.4, -0.2) is 93.4 Å². The number of aliphatic carboxylic acids is 4. The summed E-state index contributed by atoms with van der Waals surface area (Å²) in [6.45, 7) is -1.61. The van der Waals surface area contributed by atoms with E-state index in [-0.39, 0.29) is 36.6 Å². The Morgan fingerprint density at radius 2 is 0.818 bits per heavy atom. The van der Waals surface area contributed by atoms with Gasteiger partial charge in [0.15, 0.2) is 0 Å². The molecule has 0 aliphatic rings. The molecular formula is C11H18FeN2O8+2. The molecule has 0 radical (unpaired) electrons. The van der Waals surface area contributed by atoms with Crippen LogP contribution in [0, 0.1) is 0 Å². The minimum atomic E-state index is -1.18. The maximum Gasteiger partial charge on any atom is 2.00 e. The molecule has 10 nitrogen and oxygen atoms in total. The second kappa shape index (κ2) is 11.9. The average Bonchev–Trinajstić information content (AvgIpc) is 2.24. The van der Waals surface area contributed by atoms with E-state index in [0.29, 0.717) is 0 Å². The van der Waals surface area contributed by atoms with Gasteiger partial charge in [0.2, 0.25) is 0 Å². The molecule has 0 saturated heterocycles. The number of carbonyl (C=O) groups is 4. The first kappa shape index (κ1) is 22.6. The molecule has 0 aromatic rings. The number of rotatable bonds is 12. The van der Waals surface area contributed by atoms with E-state index in [0.717, 1.165) is 0 Å². The summed E-state index contributed by atoms with van der Waals surface area (Å²) in [6, 6.07) is 0. The van der Waals surface area contributed by atoms with Crippen LogP contribution in [0.3, 0.4) is 0 Å². The Morgan fingerprint density at radius 1 is 0.591 bits per heavy atom. The number of nitrogens with zero attached hydrogens (tertiary/aromatic N) is 2. The number of carboxylic acids is 4. The van der Waals surface area contributed by atoms with Gasteiger partial charge in [0, 0.05) is 13.1 Å². The summed E-state index contributed by atoms with van der Waals surface area (Å²) < 4.78 is 0. The van der Waals surface area contributed by atoms with Crippen LogP contribution in [0.1, 0.15) is 6.42 Å². The van der Waals surface area contributed by atoms with Gasteiger partial charge in [-0.1, -0.05) is 0 Å². The summed E-state index contributed by atoms with van der Waals surface area (Å²) in [7, 11) is 0. The SMILES string of the molecule is O=C(O)CN(CCCN(CC(=O)O)CC(=O)O)CC(=O)O.[Fe+2]. The minimum Gasteiger partial charge on any atom is -0.480 e. The Bertz CT molecular complexity index is 336. The molecule has 0 aromatic heterocycles. The third-order valence-electron chi connectivity index (χ3n) is 2.38. The molecule has 22 heavy (non-hydrogen) atoms. The summed E-state index contributed by atoms with van der Waals surface area (Å²) in [4.78, 5) is 44.7. The van der Waals surface area contributed by atoms with Gasteiger partial charge in [0.05, 0.1) is 26.2 Å². The summed E-state index contributed by atoms with van der Waals surface area (Å²) in [5.41, 5.74) is 0. The van der Waals surface area contributed by atoms with Crippen molar-refractivity contribution in [2.75, 3.05) is 39.3 Å². The molecule has 0 bridgehead atoms. The molecule has 0 aliphatic carbocycles. The summed E-state index contributed by atoms with van der Waals surface area (Å²) in [5.74, 6) is -4.71. The number of hydrogen-bond donors (Lipinski definition) is 4. The standard InChI is InChI=1S/C11H18N2O8.Fe/c14-8(15)4-12(5-9(16)17)2-1-3-13(6-10(18)19)7-11(20)21;/h1-7H2,(H,14,15)(H,16,17)(H,18,19)(H,20,21);/q;+2. The Morgan fingerprint density at radius 3 is 1.00 bits per heavy atom. The van der Waals surface area contributed by atoms with Gasteiger partial charge in [-0.2, -0.15) is 0 Å². The van der Waals surface area contributed by atoms with Crippen molar-refractivity contribution in [3.05, 3.63) is 0 Å². The first-order valence-electron chi connectivity index (χ1n) is 6.02. The zero-order valence-electron chi connectivity index (χ0n) is 11.6. The second-order valence-electron chi connectivity index (χ2n) is 4.35. The monoisotopic (exact) mass is 362 g/mol. The average molecular weight is 362 g/mol. The third kappa shape index (κ3) is 13.3. The fraction of sp³-hybridized carbons (Fsp3) is 0.636. The van der Waals surface area contributed by atoms with E-state index in [1.54, 1.807) is 0 Å². The zero-order chi connectivity index (χ0) is 16.4. The van der Waals surface area contributed by atoms with Crippen LogP contribution in [0.5, 0.6) is 0 Å². The number of carboxylic acid groups (broad SMARTS) is 4. The molecule has 126 valence electrons. The Labute approximate surface area is 136 Å². The molecule has 0 atom stereocenters. The molecule has 0 saturated carbocycles. The van der Waals surface area contributed by atoms with E-state index in [1.807, 2.05) is 0 Å². The van der Waals surface area contributed by atoms with Gasteiger partial charge < -0.3 is 20.4 Å². The quantitative estimate of drug-likeness (QED) is 0.296. The molecule has 0 amide bonds. The molecule has 0 fully saturated rings. The van der Waals surface area contributed by atoms with Crippen molar-refractivity contribution in [3.8, 4) is 0 Å². The van der Waals surface area contributed by atoms with E-state index in [2.05, 4.69) is 0 Å². The van der Waals surface area contributed by atoms with Crippen molar-refractivity contribution in [2.45, 2.75) is 6.42 Å². The van der Waals surface area contributed by atoms with Crippen molar-refractivity contribution in [2.24, 2.45) is 0 Å².